The SMILES string of the molecule is Cc1cccc(C)c1OCCCCNc1ccccc1C(=O)O. The number of nitrogens with one attached hydrogen (secondary N) is 1. The lowest BCUT2D eigenvalue weighted by Gasteiger charge is -2.12. The van der Waals surface area contributed by atoms with Crippen molar-refractivity contribution in [1.82, 2.24) is 0 Å². The highest BCUT2D eigenvalue weighted by Gasteiger charge is 2.08. The Hall–Kier alpha value is -2.49. The Morgan fingerprint density at radius 2 is 1.74 bits per heavy atom. The third-order valence-electron chi connectivity index (χ3n) is 3.70. The Morgan fingerprint density at radius 1 is 1.04 bits per heavy atom. The van der Waals surface area contributed by atoms with Crippen molar-refractivity contribution in [3.05, 3.63) is 59.2 Å². The maximum Gasteiger partial charge on any atom is 0.337 e. The van der Waals surface area contributed by atoms with E-state index in [9.17, 15) is 4.79 Å². The number of carbonyl (C=O) groups is 1. The molecule has 0 bridgehead atoms. The summed E-state index contributed by atoms with van der Waals surface area (Å²) in [5.41, 5.74) is 3.27. The first-order valence-electron chi connectivity index (χ1n) is 7.85. The van der Waals surface area contributed by atoms with Gasteiger partial charge in [-0.2, -0.15) is 0 Å². The van der Waals surface area contributed by atoms with Crippen molar-refractivity contribution >= 4 is 11.7 Å². The highest BCUT2D eigenvalue weighted by Crippen LogP contribution is 2.22. The van der Waals surface area contributed by atoms with Gasteiger partial charge in [-0.1, -0.05) is 30.3 Å². The Morgan fingerprint density at radius 3 is 2.43 bits per heavy atom. The van der Waals surface area contributed by atoms with Crippen LogP contribution in [-0.4, -0.2) is 24.2 Å². The average Bonchev–Trinajstić information content (AvgIpc) is 2.53. The van der Waals surface area contributed by atoms with Gasteiger partial charge in [0, 0.05) is 12.2 Å². The van der Waals surface area contributed by atoms with Gasteiger partial charge in [0.15, 0.2) is 0 Å². The van der Waals surface area contributed by atoms with Gasteiger partial charge >= 0.3 is 5.97 Å². The van der Waals surface area contributed by atoms with E-state index in [1.165, 1.54) is 0 Å². The molecule has 0 fully saturated rings. The monoisotopic (exact) mass is 313 g/mol. The number of aromatic carboxylic acids is 1. The van der Waals surface area contributed by atoms with Crippen molar-refractivity contribution in [2.75, 3.05) is 18.5 Å². The number of hydrogen-bond donors (Lipinski definition) is 2. The lowest BCUT2D eigenvalue weighted by molar-refractivity contribution is 0.0698. The van der Waals surface area contributed by atoms with Gasteiger partial charge in [-0.05, 0) is 49.9 Å². The zero-order valence-electron chi connectivity index (χ0n) is 13.6. The second-order valence-electron chi connectivity index (χ2n) is 5.55. The van der Waals surface area contributed by atoms with Crippen LogP contribution in [0.2, 0.25) is 0 Å². The van der Waals surface area contributed by atoms with Gasteiger partial charge in [0.25, 0.3) is 0 Å². The maximum atomic E-state index is 11.1. The molecule has 4 heteroatoms. The lowest BCUT2D eigenvalue weighted by Crippen LogP contribution is -2.09. The van der Waals surface area contributed by atoms with E-state index in [0.717, 1.165) is 36.3 Å². The Kier molecular flexibility index (Phi) is 6.03. The van der Waals surface area contributed by atoms with Gasteiger partial charge in [-0.3, -0.25) is 0 Å². The molecule has 2 N–H and O–H groups in total. The molecular formula is C19H23NO3. The average molecular weight is 313 g/mol. The minimum atomic E-state index is -0.911. The summed E-state index contributed by atoms with van der Waals surface area (Å²) in [6.45, 7) is 5.48. The number of anilines is 1. The summed E-state index contributed by atoms with van der Waals surface area (Å²) in [5, 5.41) is 12.3. The summed E-state index contributed by atoms with van der Waals surface area (Å²) in [5.74, 6) is 0.0585. The van der Waals surface area contributed by atoms with Crippen LogP contribution in [0.1, 0.15) is 34.3 Å². The number of hydrogen-bond acceptors (Lipinski definition) is 3. The van der Waals surface area contributed by atoms with E-state index >= 15 is 0 Å². The third-order valence-corrected chi connectivity index (χ3v) is 3.70. The minimum Gasteiger partial charge on any atom is -0.493 e. The molecule has 0 unspecified atom stereocenters. The highest BCUT2D eigenvalue weighted by molar-refractivity contribution is 5.94. The molecule has 0 spiro atoms. The molecule has 2 aromatic carbocycles. The van der Waals surface area contributed by atoms with Gasteiger partial charge in [0.05, 0.1) is 12.2 Å². The number of carboxylic acids is 1. The summed E-state index contributed by atoms with van der Waals surface area (Å²) >= 11 is 0. The van der Waals surface area contributed by atoms with Gasteiger partial charge in [0.1, 0.15) is 5.75 Å². The molecule has 2 aromatic rings. The van der Waals surface area contributed by atoms with Crippen molar-refractivity contribution in [1.29, 1.82) is 0 Å². The summed E-state index contributed by atoms with van der Waals surface area (Å²) < 4.78 is 5.86. The van der Waals surface area contributed by atoms with Crippen molar-refractivity contribution in [2.45, 2.75) is 26.7 Å². The highest BCUT2D eigenvalue weighted by atomic mass is 16.5. The third kappa shape index (κ3) is 4.74. The first-order valence-corrected chi connectivity index (χ1v) is 7.85. The zero-order valence-corrected chi connectivity index (χ0v) is 13.6. The van der Waals surface area contributed by atoms with Crippen molar-refractivity contribution in [3.8, 4) is 5.75 Å². The molecule has 0 saturated carbocycles. The lowest BCUT2D eigenvalue weighted by atomic mass is 10.1. The number of carboxylic acid groups (broad SMARTS) is 1. The first kappa shape index (κ1) is 16.9. The molecular weight excluding hydrogens is 290 g/mol. The fourth-order valence-corrected chi connectivity index (χ4v) is 2.47. The molecule has 0 aliphatic carbocycles. The molecule has 4 nitrogen and oxygen atoms in total. The van der Waals surface area contributed by atoms with Gasteiger partial charge in [0.2, 0.25) is 0 Å². The minimum absolute atomic E-state index is 0.305. The molecule has 0 radical (unpaired) electrons. The number of benzene rings is 2. The Bertz CT molecular complexity index is 647. The molecule has 0 heterocycles. The van der Waals surface area contributed by atoms with Crippen LogP contribution in [0.4, 0.5) is 5.69 Å². The molecule has 0 aliphatic rings. The second kappa shape index (κ2) is 8.22. The molecule has 2 rings (SSSR count). The number of para-hydroxylation sites is 2. The number of unbranched alkanes of at least 4 members (excludes halogenated alkanes) is 1. The largest absolute Gasteiger partial charge is 0.493 e. The zero-order chi connectivity index (χ0) is 16.7. The fraction of sp³-hybridized carbons (Fsp3) is 0.316. The first-order chi connectivity index (χ1) is 11.1. The van der Waals surface area contributed by atoms with Crippen LogP contribution in [-0.2, 0) is 0 Å². The molecule has 0 aliphatic heterocycles. The van der Waals surface area contributed by atoms with Gasteiger partial charge in [-0.15, -0.1) is 0 Å². The van der Waals surface area contributed by atoms with Crippen LogP contribution < -0.4 is 10.1 Å². The van der Waals surface area contributed by atoms with Gasteiger partial charge in [-0.25, -0.2) is 4.79 Å². The molecule has 23 heavy (non-hydrogen) atoms. The van der Waals surface area contributed by atoms with Crippen LogP contribution >= 0.6 is 0 Å². The van der Waals surface area contributed by atoms with E-state index in [4.69, 9.17) is 9.84 Å². The predicted molar refractivity (Wildman–Crippen MR) is 92.5 cm³/mol. The normalized spacial score (nSPS) is 10.3. The number of rotatable bonds is 8. The number of ether oxygens (including phenoxy) is 1. The van der Waals surface area contributed by atoms with Gasteiger partial charge < -0.3 is 15.2 Å². The van der Waals surface area contributed by atoms with Crippen molar-refractivity contribution in [2.24, 2.45) is 0 Å². The van der Waals surface area contributed by atoms with E-state index in [0.29, 0.717) is 17.9 Å². The van der Waals surface area contributed by atoms with Crippen LogP contribution in [0.15, 0.2) is 42.5 Å². The van der Waals surface area contributed by atoms with E-state index in [-0.39, 0.29) is 0 Å². The Labute approximate surface area is 137 Å². The summed E-state index contributed by atoms with van der Waals surface area (Å²) in [4.78, 5) is 11.1. The molecule has 0 aromatic heterocycles. The topological polar surface area (TPSA) is 58.6 Å². The molecule has 0 saturated heterocycles. The summed E-state index contributed by atoms with van der Waals surface area (Å²) in [6, 6.07) is 13.1. The smallest absolute Gasteiger partial charge is 0.337 e. The van der Waals surface area contributed by atoms with E-state index in [1.807, 2.05) is 38.1 Å². The number of aryl methyl sites for hydroxylation is 2. The second-order valence-corrected chi connectivity index (χ2v) is 5.55. The van der Waals surface area contributed by atoms with Crippen molar-refractivity contribution < 1.29 is 14.6 Å². The predicted octanol–water partition coefficient (Wildman–Crippen LogP) is 4.27. The fourth-order valence-electron chi connectivity index (χ4n) is 2.47. The maximum absolute atomic E-state index is 11.1. The van der Waals surface area contributed by atoms with Crippen LogP contribution in [0, 0.1) is 13.8 Å². The van der Waals surface area contributed by atoms with Crippen LogP contribution in [0.3, 0.4) is 0 Å². The molecule has 0 atom stereocenters. The van der Waals surface area contributed by atoms with Crippen LogP contribution in [0.25, 0.3) is 0 Å². The van der Waals surface area contributed by atoms with E-state index < -0.39 is 5.97 Å². The Balaban J connectivity index is 1.74. The summed E-state index contributed by atoms with van der Waals surface area (Å²) in [7, 11) is 0. The quantitative estimate of drug-likeness (QED) is 0.714. The summed E-state index contributed by atoms with van der Waals surface area (Å²) in [6.07, 6.45) is 1.83. The molecule has 122 valence electrons. The van der Waals surface area contributed by atoms with E-state index in [2.05, 4.69) is 5.32 Å². The van der Waals surface area contributed by atoms with E-state index in [1.54, 1.807) is 18.2 Å². The molecule has 0 amide bonds. The standard InChI is InChI=1S/C19H23NO3/c1-14-8-7-9-15(2)18(14)23-13-6-5-12-20-17-11-4-3-10-16(17)19(21)22/h3-4,7-11,20H,5-6,12-13H2,1-2H3,(H,21,22). The van der Waals surface area contributed by atoms with Crippen molar-refractivity contribution in [3.63, 3.8) is 0 Å². The van der Waals surface area contributed by atoms with Crippen LogP contribution in [0.5, 0.6) is 5.75 Å².